The number of nitrogens with zero attached hydrogens (tertiary/aromatic N) is 2. The van der Waals surface area contributed by atoms with Crippen LogP contribution in [0.3, 0.4) is 0 Å². The van der Waals surface area contributed by atoms with E-state index in [-0.39, 0.29) is 18.4 Å². The van der Waals surface area contributed by atoms with Gasteiger partial charge in [0.25, 0.3) is 11.8 Å². The van der Waals surface area contributed by atoms with Crippen LogP contribution in [0.1, 0.15) is 58.0 Å². The number of hydrogen-bond acceptors (Lipinski definition) is 5. The van der Waals surface area contributed by atoms with Gasteiger partial charge in [-0.2, -0.15) is 0 Å². The summed E-state index contributed by atoms with van der Waals surface area (Å²) in [7, 11) is 0. The number of carbonyl (C=O) groups is 2. The van der Waals surface area contributed by atoms with E-state index in [0.29, 0.717) is 29.2 Å². The van der Waals surface area contributed by atoms with Crippen molar-refractivity contribution in [1.29, 1.82) is 0 Å². The number of aromatic nitrogens is 1. The Morgan fingerprint density at radius 2 is 1.59 bits per heavy atom. The van der Waals surface area contributed by atoms with Gasteiger partial charge >= 0.3 is 0 Å². The van der Waals surface area contributed by atoms with Crippen molar-refractivity contribution in [3.8, 4) is 11.1 Å². The van der Waals surface area contributed by atoms with Gasteiger partial charge in [0.1, 0.15) is 0 Å². The molecular formula is C30H34N4O3. The number of rotatable bonds is 9. The van der Waals surface area contributed by atoms with Crippen molar-refractivity contribution in [2.75, 3.05) is 26.2 Å². The number of pyridine rings is 1. The monoisotopic (exact) mass is 498 g/mol. The fourth-order valence-electron chi connectivity index (χ4n) is 5.03. The van der Waals surface area contributed by atoms with Crippen molar-refractivity contribution in [2.45, 2.75) is 37.8 Å². The molecule has 37 heavy (non-hydrogen) atoms. The van der Waals surface area contributed by atoms with Crippen molar-refractivity contribution in [3.05, 3.63) is 89.7 Å². The maximum atomic E-state index is 12.9. The SMILES string of the molecule is O=C(NCC1CCN(C2CC2)CC1)c1cccc([C@@H](CO)NC(=O)c2ccc(-c3ccncc3)cc2)c1. The first-order chi connectivity index (χ1) is 18.1. The molecule has 2 amide bonds. The van der Waals surface area contributed by atoms with Gasteiger partial charge < -0.3 is 20.6 Å². The van der Waals surface area contributed by atoms with E-state index >= 15 is 0 Å². The van der Waals surface area contributed by atoms with E-state index < -0.39 is 6.04 Å². The zero-order valence-corrected chi connectivity index (χ0v) is 21.0. The van der Waals surface area contributed by atoms with E-state index in [1.54, 1.807) is 42.7 Å². The lowest BCUT2D eigenvalue weighted by Gasteiger charge is -2.32. The van der Waals surface area contributed by atoms with Crippen LogP contribution in [-0.2, 0) is 0 Å². The number of carbonyl (C=O) groups excluding carboxylic acids is 2. The predicted octanol–water partition coefficient (Wildman–Crippen LogP) is 3.82. The van der Waals surface area contributed by atoms with Gasteiger partial charge in [-0.25, -0.2) is 0 Å². The molecule has 1 saturated heterocycles. The third kappa shape index (κ3) is 6.42. The van der Waals surface area contributed by atoms with E-state index in [1.165, 1.54) is 12.8 Å². The van der Waals surface area contributed by atoms with Crippen LogP contribution in [-0.4, -0.2) is 59.1 Å². The highest BCUT2D eigenvalue weighted by Crippen LogP contribution is 2.30. The summed E-state index contributed by atoms with van der Waals surface area (Å²) in [5, 5.41) is 16.0. The smallest absolute Gasteiger partial charge is 0.251 e. The normalized spacial score (nSPS) is 17.2. The Balaban J connectivity index is 1.16. The number of amides is 2. The molecule has 0 spiro atoms. The number of benzene rings is 2. The standard InChI is InChI=1S/C30H34N4O3/c35-20-28(33-30(37)24-6-4-22(5-7-24)23-10-14-31-15-11-23)25-2-1-3-26(18-25)29(36)32-19-21-12-16-34(17-13-21)27-8-9-27/h1-7,10-11,14-15,18,21,27-28,35H,8-9,12-13,16-17,19-20H2,(H,32,36)(H,33,37)/t28-/m1/s1. The Hall–Kier alpha value is -3.55. The van der Waals surface area contributed by atoms with Gasteiger partial charge in [0.05, 0.1) is 12.6 Å². The second-order valence-electron chi connectivity index (χ2n) is 10.1. The fourth-order valence-corrected chi connectivity index (χ4v) is 5.03. The van der Waals surface area contributed by atoms with Crippen LogP contribution in [0.25, 0.3) is 11.1 Å². The molecular weight excluding hydrogens is 464 g/mol. The number of aliphatic hydroxyl groups excluding tert-OH is 1. The Labute approximate surface area is 217 Å². The molecule has 1 aromatic heterocycles. The Kier molecular flexibility index (Phi) is 7.92. The quantitative estimate of drug-likeness (QED) is 0.417. The summed E-state index contributed by atoms with van der Waals surface area (Å²) in [4.78, 5) is 32.4. The average molecular weight is 499 g/mol. The summed E-state index contributed by atoms with van der Waals surface area (Å²) in [5.74, 6) is 0.102. The molecule has 1 atom stereocenters. The van der Waals surface area contributed by atoms with Gasteiger partial charge in [0, 0.05) is 36.1 Å². The van der Waals surface area contributed by atoms with E-state index in [1.807, 2.05) is 30.3 Å². The summed E-state index contributed by atoms with van der Waals surface area (Å²) in [6.07, 6.45) is 8.39. The van der Waals surface area contributed by atoms with Gasteiger partial charge in [-0.15, -0.1) is 0 Å². The molecule has 1 aliphatic carbocycles. The van der Waals surface area contributed by atoms with Crippen molar-refractivity contribution >= 4 is 11.8 Å². The number of likely N-dealkylation sites (tertiary alicyclic amines) is 1. The van der Waals surface area contributed by atoms with Gasteiger partial charge in [-0.1, -0.05) is 24.3 Å². The summed E-state index contributed by atoms with van der Waals surface area (Å²) >= 11 is 0. The molecule has 0 bridgehead atoms. The molecule has 7 heteroatoms. The minimum Gasteiger partial charge on any atom is -0.394 e. The molecule has 192 valence electrons. The lowest BCUT2D eigenvalue weighted by atomic mass is 9.96. The maximum absolute atomic E-state index is 12.9. The highest BCUT2D eigenvalue weighted by atomic mass is 16.3. The second kappa shape index (κ2) is 11.7. The fraction of sp³-hybridized carbons (Fsp3) is 0.367. The van der Waals surface area contributed by atoms with Crippen molar-refractivity contribution in [1.82, 2.24) is 20.5 Å². The third-order valence-electron chi connectivity index (χ3n) is 7.46. The minimum absolute atomic E-state index is 0.124. The maximum Gasteiger partial charge on any atom is 0.251 e. The Morgan fingerprint density at radius 1 is 0.892 bits per heavy atom. The lowest BCUT2D eigenvalue weighted by Crippen LogP contribution is -2.39. The molecule has 2 heterocycles. The van der Waals surface area contributed by atoms with Crippen LogP contribution in [0.4, 0.5) is 0 Å². The molecule has 2 fully saturated rings. The molecule has 2 aliphatic rings. The first-order valence-corrected chi connectivity index (χ1v) is 13.1. The second-order valence-corrected chi connectivity index (χ2v) is 10.1. The zero-order valence-electron chi connectivity index (χ0n) is 21.0. The molecule has 0 radical (unpaired) electrons. The predicted molar refractivity (Wildman–Crippen MR) is 143 cm³/mol. The highest BCUT2D eigenvalue weighted by Gasteiger charge is 2.31. The number of piperidine rings is 1. The molecule has 1 saturated carbocycles. The average Bonchev–Trinajstić information content (AvgIpc) is 3.81. The number of aliphatic hydroxyl groups is 1. The van der Waals surface area contributed by atoms with Crippen LogP contribution in [0.5, 0.6) is 0 Å². The molecule has 5 rings (SSSR count). The van der Waals surface area contributed by atoms with Gasteiger partial charge in [-0.05, 0) is 97.8 Å². The number of hydrogen-bond donors (Lipinski definition) is 3. The Morgan fingerprint density at radius 3 is 2.27 bits per heavy atom. The van der Waals surface area contributed by atoms with Crippen LogP contribution in [0.2, 0.25) is 0 Å². The van der Waals surface area contributed by atoms with E-state index in [9.17, 15) is 14.7 Å². The van der Waals surface area contributed by atoms with Crippen LogP contribution in [0.15, 0.2) is 73.1 Å². The van der Waals surface area contributed by atoms with E-state index in [0.717, 1.165) is 43.1 Å². The van der Waals surface area contributed by atoms with E-state index in [4.69, 9.17) is 0 Å². The van der Waals surface area contributed by atoms with Crippen LogP contribution in [0, 0.1) is 5.92 Å². The molecule has 0 unspecified atom stereocenters. The number of nitrogens with one attached hydrogen (secondary N) is 2. The molecule has 7 nitrogen and oxygen atoms in total. The van der Waals surface area contributed by atoms with Gasteiger partial charge in [-0.3, -0.25) is 14.6 Å². The lowest BCUT2D eigenvalue weighted by molar-refractivity contribution is 0.0915. The molecule has 2 aromatic carbocycles. The largest absolute Gasteiger partial charge is 0.394 e. The summed E-state index contributed by atoms with van der Waals surface area (Å²) in [6.45, 7) is 2.67. The van der Waals surface area contributed by atoms with Gasteiger partial charge in [0.2, 0.25) is 0 Å². The van der Waals surface area contributed by atoms with Crippen LogP contribution >= 0.6 is 0 Å². The molecule has 3 aromatic rings. The van der Waals surface area contributed by atoms with Crippen molar-refractivity contribution < 1.29 is 14.7 Å². The van der Waals surface area contributed by atoms with Crippen molar-refractivity contribution in [2.24, 2.45) is 5.92 Å². The first-order valence-electron chi connectivity index (χ1n) is 13.1. The van der Waals surface area contributed by atoms with Gasteiger partial charge in [0.15, 0.2) is 0 Å². The zero-order chi connectivity index (χ0) is 25.6. The summed E-state index contributed by atoms with van der Waals surface area (Å²) < 4.78 is 0. The van der Waals surface area contributed by atoms with Crippen molar-refractivity contribution in [3.63, 3.8) is 0 Å². The summed E-state index contributed by atoms with van der Waals surface area (Å²) in [5.41, 5.74) is 3.73. The van der Waals surface area contributed by atoms with E-state index in [2.05, 4.69) is 20.5 Å². The first kappa shape index (κ1) is 25.1. The third-order valence-corrected chi connectivity index (χ3v) is 7.46. The molecule has 3 N–H and O–H groups in total. The minimum atomic E-state index is -0.619. The molecule has 1 aliphatic heterocycles. The Bertz CT molecular complexity index is 1200. The van der Waals surface area contributed by atoms with Crippen LogP contribution < -0.4 is 10.6 Å². The summed E-state index contributed by atoms with van der Waals surface area (Å²) in [6, 6.07) is 18.4. The topological polar surface area (TPSA) is 94.6 Å². The highest BCUT2D eigenvalue weighted by molar-refractivity contribution is 5.95.